The summed E-state index contributed by atoms with van der Waals surface area (Å²) < 4.78 is 27.2. The van der Waals surface area contributed by atoms with Crippen LogP contribution in [-0.4, -0.2) is 20.4 Å². The predicted octanol–water partition coefficient (Wildman–Crippen LogP) is 3.02. The van der Waals surface area contributed by atoms with Crippen LogP contribution in [0.5, 0.6) is 0 Å². The third kappa shape index (κ3) is 3.94. The molecule has 1 atom stereocenters. The van der Waals surface area contributed by atoms with Gasteiger partial charge in [-0.25, -0.2) is 8.42 Å². The van der Waals surface area contributed by atoms with Crippen LogP contribution in [-0.2, 0) is 10.0 Å². The number of anilines is 1. The molecule has 5 nitrogen and oxygen atoms in total. The van der Waals surface area contributed by atoms with E-state index >= 15 is 0 Å². The van der Waals surface area contributed by atoms with Crippen LogP contribution in [0, 0.1) is 5.92 Å². The van der Waals surface area contributed by atoms with Gasteiger partial charge in [-0.1, -0.05) is 18.2 Å². The molecule has 2 N–H and O–H groups in total. The standard InChI is InChI=1S/C18H20N2O3S/c1-13(14-7-8-14)19-18(21)15-9-11-17(12-10-15)24(22,23)20-16-5-3-2-4-6-16/h2-6,9-14,20H,7-8H2,1H3,(H,19,21). The minimum atomic E-state index is -3.66. The molecule has 3 rings (SSSR count). The molecule has 24 heavy (non-hydrogen) atoms. The zero-order chi connectivity index (χ0) is 17.2. The lowest BCUT2D eigenvalue weighted by atomic mass is 10.1. The van der Waals surface area contributed by atoms with Crippen molar-refractivity contribution in [3.05, 3.63) is 60.2 Å². The van der Waals surface area contributed by atoms with Gasteiger partial charge in [0.1, 0.15) is 0 Å². The van der Waals surface area contributed by atoms with Gasteiger partial charge in [0, 0.05) is 17.3 Å². The summed E-state index contributed by atoms with van der Waals surface area (Å²) in [6, 6.07) is 14.8. The molecule has 1 unspecified atom stereocenters. The average Bonchev–Trinajstić information content (AvgIpc) is 3.40. The largest absolute Gasteiger partial charge is 0.349 e. The van der Waals surface area contributed by atoms with E-state index in [1.165, 1.54) is 24.3 Å². The first-order chi connectivity index (χ1) is 11.5. The van der Waals surface area contributed by atoms with Crippen molar-refractivity contribution in [3.63, 3.8) is 0 Å². The summed E-state index contributed by atoms with van der Waals surface area (Å²) in [5.41, 5.74) is 0.957. The highest BCUT2D eigenvalue weighted by atomic mass is 32.2. The molecule has 2 aromatic carbocycles. The monoisotopic (exact) mass is 344 g/mol. The second-order valence-electron chi connectivity index (χ2n) is 6.10. The summed E-state index contributed by atoms with van der Waals surface area (Å²) in [6.45, 7) is 2.00. The molecule has 1 saturated carbocycles. The van der Waals surface area contributed by atoms with Crippen LogP contribution in [0.4, 0.5) is 5.69 Å². The fourth-order valence-electron chi connectivity index (χ4n) is 2.51. The van der Waals surface area contributed by atoms with E-state index in [4.69, 9.17) is 0 Å². The molecule has 6 heteroatoms. The maximum atomic E-state index is 12.3. The lowest BCUT2D eigenvalue weighted by molar-refractivity contribution is 0.0935. The highest BCUT2D eigenvalue weighted by Gasteiger charge is 2.29. The van der Waals surface area contributed by atoms with Gasteiger partial charge in [0.15, 0.2) is 0 Å². The molecule has 1 amide bonds. The van der Waals surface area contributed by atoms with E-state index in [-0.39, 0.29) is 16.8 Å². The number of hydrogen-bond acceptors (Lipinski definition) is 3. The molecule has 0 aromatic heterocycles. The van der Waals surface area contributed by atoms with Crippen molar-refractivity contribution < 1.29 is 13.2 Å². The molecule has 0 radical (unpaired) electrons. The zero-order valence-corrected chi connectivity index (χ0v) is 14.2. The maximum Gasteiger partial charge on any atom is 0.261 e. The molecule has 0 saturated heterocycles. The van der Waals surface area contributed by atoms with Gasteiger partial charge in [-0.15, -0.1) is 0 Å². The number of para-hydroxylation sites is 1. The summed E-state index contributed by atoms with van der Waals surface area (Å²) >= 11 is 0. The van der Waals surface area contributed by atoms with Crippen molar-refractivity contribution in [1.82, 2.24) is 5.32 Å². The fourth-order valence-corrected chi connectivity index (χ4v) is 3.57. The minimum Gasteiger partial charge on any atom is -0.349 e. The van der Waals surface area contributed by atoms with E-state index in [0.717, 1.165) is 12.8 Å². The van der Waals surface area contributed by atoms with Gasteiger partial charge in [0.25, 0.3) is 15.9 Å². The third-order valence-corrected chi connectivity index (χ3v) is 5.54. The van der Waals surface area contributed by atoms with E-state index in [9.17, 15) is 13.2 Å². The van der Waals surface area contributed by atoms with Crippen molar-refractivity contribution in [2.45, 2.75) is 30.7 Å². The normalized spacial score (nSPS) is 15.5. The molecule has 0 spiro atoms. The highest BCUT2D eigenvalue weighted by Crippen LogP contribution is 2.32. The summed E-state index contributed by atoms with van der Waals surface area (Å²) in [5.74, 6) is 0.401. The summed E-state index contributed by atoms with van der Waals surface area (Å²) in [4.78, 5) is 12.3. The number of sulfonamides is 1. The Morgan fingerprint density at radius 3 is 2.25 bits per heavy atom. The molecule has 0 aliphatic heterocycles. The first-order valence-electron chi connectivity index (χ1n) is 7.94. The van der Waals surface area contributed by atoms with E-state index in [2.05, 4.69) is 10.0 Å². The van der Waals surface area contributed by atoms with Gasteiger partial charge in [0.05, 0.1) is 4.90 Å². The Labute approximate surface area is 142 Å². The fraction of sp³-hybridized carbons (Fsp3) is 0.278. The van der Waals surface area contributed by atoms with Crippen molar-refractivity contribution in [3.8, 4) is 0 Å². The van der Waals surface area contributed by atoms with Crippen molar-refractivity contribution >= 4 is 21.6 Å². The number of benzene rings is 2. The molecule has 1 aliphatic carbocycles. The molecular weight excluding hydrogens is 324 g/mol. The van der Waals surface area contributed by atoms with E-state index in [0.29, 0.717) is 17.2 Å². The van der Waals surface area contributed by atoms with E-state index in [1.54, 1.807) is 24.3 Å². The Kier molecular flexibility index (Phi) is 4.57. The van der Waals surface area contributed by atoms with Crippen LogP contribution in [0.15, 0.2) is 59.5 Å². The molecule has 0 bridgehead atoms. The highest BCUT2D eigenvalue weighted by molar-refractivity contribution is 7.92. The third-order valence-electron chi connectivity index (χ3n) is 4.14. The van der Waals surface area contributed by atoms with Gasteiger partial charge in [-0.3, -0.25) is 9.52 Å². The lowest BCUT2D eigenvalue weighted by Gasteiger charge is -2.13. The Morgan fingerprint density at radius 2 is 1.67 bits per heavy atom. The Balaban J connectivity index is 1.70. The second kappa shape index (κ2) is 6.65. The number of carbonyl (C=O) groups excluding carboxylic acids is 1. The Hall–Kier alpha value is -2.34. The molecule has 0 heterocycles. The van der Waals surface area contributed by atoms with Crippen LogP contribution in [0.1, 0.15) is 30.1 Å². The minimum absolute atomic E-state index is 0.123. The van der Waals surface area contributed by atoms with E-state index < -0.39 is 10.0 Å². The van der Waals surface area contributed by atoms with Crippen molar-refractivity contribution in [2.24, 2.45) is 5.92 Å². The number of rotatable bonds is 6. The van der Waals surface area contributed by atoms with Crippen LogP contribution >= 0.6 is 0 Å². The molecule has 2 aromatic rings. The number of amides is 1. The predicted molar refractivity (Wildman–Crippen MR) is 93.3 cm³/mol. The topological polar surface area (TPSA) is 75.3 Å². The molecule has 1 fully saturated rings. The average molecular weight is 344 g/mol. The van der Waals surface area contributed by atoms with E-state index in [1.807, 2.05) is 13.0 Å². The van der Waals surface area contributed by atoms with Gasteiger partial charge in [-0.2, -0.15) is 0 Å². The van der Waals surface area contributed by atoms with Crippen LogP contribution in [0.25, 0.3) is 0 Å². The number of nitrogens with one attached hydrogen (secondary N) is 2. The SMILES string of the molecule is CC(NC(=O)c1ccc(S(=O)(=O)Nc2ccccc2)cc1)C1CC1. The summed E-state index contributed by atoms with van der Waals surface area (Å²) in [5, 5.41) is 2.95. The smallest absolute Gasteiger partial charge is 0.261 e. The van der Waals surface area contributed by atoms with Gasteiger partial charge >= 0.3 is 0 Å². The van der Waals surface area contributed by atoms with Crippen LogP contribution in [0.3, 0.4) is 0 Å². The Bertz CT molecular complexity index is 813. The zero-order valence-electron chi connectivity index (χ0n) is 13.4. The first-order valence-corrected chi connectivity index (χ1v) is 9.43. The summed E-state index contributed by atoms with van der Waals surface area (Å²) in [7, 11) is -3.66. The summed E-state index contributed by atoms with van der Waals surface area (Å²) in [6.07, 6.45) is 2.31. The lowest BCUT2D eigenvalue weighted by Crippen LogP contribution is -2.33. The number of hydrogen-bond donors (Lipinski definition) is 2. The Morgan fingerprint density at radius 1 is 1.04 bits per heavy atom. The molecular formula is C18H20N2O3S. The van der Waals surface area contributed by atoms with Crippen molar-refractivity contribution in [2.75, 3.05) is 4.72 Å². The second-order valence-corrected chi connectivity index (χ2v) is 7.78. The van der Waals surface area contributed by atoms with Crippen LogP contribution < -0.4 is 10.0 Å². The number of carbonyl (C=O) groups is 1. The van der Waals surface area contributed by atoms with Gasteiger partial charge < -0.3 is 5.32 Å². The molecule has 1 aliphatic rings. The van der Waals surface area contributed by atoms with Gasteiger partial charge in [-0.05, 0) is 62.1 Å². The van der Waals surface area contributed by atoms with Crippen LogP contribution in [0.2, 0.25) is 0 Å². The first kappa shape index (κ1) is 16.5. The molecule has 126 valence electrons. The maximum absolute atomic E-state index is 12.3. The quantitative estimate of drug-likeness (QED) is 0.846. The van der Waals surface area contributed by atoms with Crippen molar-refractivity contribution in [1.29, 1.82) is 0 Å². The van der Waals surface area contributed by atoms with Gasteiger partial charge in [0.2, 0.25) is 0 Å².